The van der Waals surface area contributed by atoms with Crippen LogP contribution in [-0.4, -0.2) is 23.7 Å². The Hall–Kier alpha value is -2.02. The summed E-state index contributed by atoms with van der Waals surface area (Å²) in [5.74, 6) is -0.799. The van der Waals surface area contributed by atoms with Crippen LogP contribution in [0.3, 0.4) is 0 Å². The molecule has 0 bridgehead atoms. The third-order valence-corrected chi connectivity index (χ3v) is 3.62. The van der Waals surface area contributed by atoms with Gasteiger partial charge in [-0.05, 0) is 37.5 Å². The summed E-state index contributed by atoms with van der Waals surface area (Å²) < 4.78 is 0. The van der Waals surface area contributed by atoms with Crippen molar-refractivity contribution in [1.29, 1.82) is 5.26 Å². The minimum absolute atomic E-state index is 0.517. The predicted octanol–water partition coefficient (Wildman–Crippen LogP) is 2.70. The molecule has 1 aromatic carbocycles. The second-order valence-electron chi connectivity index (χ2n) is 5.03. The summed E-state index contributed by atoms with van der Waals surface area (Å²) in [6.45, 7) is 2.66. The molecule has 0 aliphatic carbocycles. The van der Waals surface area contributed by atoms with Crippen molar-refractivity contribution in [2.24, 2.45) is 0 Å². The largest absolute Gasteiger partial charge is 0.480 e. The van der Waals surface area contributed by atoms with E-state index in [4.69, 9.17) is 0 Å². The first-order valence-corrected chi connectivity index (χ1v) is 6.63. The number of hydrogen-bond donors (Lipinski definition) is 1. The number of nitrogens with zero attached hydrogens (tertiary/aromatic N) is 2. The van der Waals surface area contributed by atoms with E-state index in [0.717, 1.165) is 30.5 Å². The summed E-state index contributed by atoms with van der Waals surface area (Å²) in [6, 6.07) is 7.22. The van der Waals surface area contributed by atoms with E-state index in [0.29, 0.717) is 18.5 Å². The van der Waals surface area contributed by atoms with Gasteiger partial charge >= 0.3 is 5.97 Å². The second kappa shape index (κ2) is 5.75. The number of carboxylic acid groups (broad SMARTS) is 1. The highest BCUT2D eigenvalue weighted by Crippen LogP contribution is 2.28. The van der Waals surface area contributed by atoms with Gasteiger partial charge in [0.2, 0.25) is 0 Å². The Morgan fingerprint density at radius 2 is 2.21 bits per heavy atom. The first-order chi connectivity index (χ1) is 9.13. The second-order valence-corrected chi connectivity index (χ2v) is 5.03. The van der Waals surface area contributed by atoms with Crippen LogP contribution in [0.25, 0.3) is 0 Å². The van der Waals surface area contributed by atoms with Gasteiger partial charge in [0.25, 0.3) is 0 Å². The zero-order valence-electron chi connectivity index (χ0n) is 11.1. The monoisotopic (exact) mass is 258 g/mol. The Labute approximate surface area is 113 Å². The molecule has 4 heteroatoms. The van der Waals surface area contributed by atoms with Crippen LogP contribution in [-0.2, 0) is 4.79 Å². The van der Waals surface area contributed by atoms with E-state index in [1.807, 2.05) is 24.0 Å². The lowest BCUT2D eigenvalue weighted by Crippen LogP contribution is -2.41. The van der Waals surface area contributed by atoms with Crippen LogP contribution < -0.4 is 4.90 Å². The number of carboxylic acids is 1. The lowest BCUT2D eigenvalue weighted by atomic mass is 10.1. The summed E-state index contributed by atoms with van der Waals surface area (Å²) in [6.07, 6.45) is 3.60. The maximum atomic E-state index is 11.5. The number of carbonyl (C=O) groups is 1. The molecule has 0 saturated carbocycles. The lowest BCUT2D eigenvalue weighted by Gasteiger charge is -2.30. The first-order valence-electron chi connectivity index (χ1n) is 6.63. The molecule has 0 radical (unpaired) electrons. The number of benzene rings is 1. The molecule has 1 aliphatic heterocycles. The molecule has 19 heavy (non-hydrogen) atoms. The quantitative estimate of drug-likeness (QED) is 0.885. The van der Waals surface area contributed by atoms with E-state index in [2.05, 4.69) is 6.07 Å². The molecular weight excluding hydrogens is 240 g/mol. The standard InChI is InChI=1S/C15H18N2O2/c1-11-6-7-12(10-16)14(9-11)17-8-4-2-3-5-13(17)15(18)19/h6-7,9,13H,2-5,8H2,1H3,(H,18,19). The molecule has 0 aromatic heterocycles. The number of aliphatic carboxylic acids is 1. The number of rotatable bonds is 2. The topological polar surface area (TPSA) is 64.3 Å². The molecular formula is C15H18N2O2. The Morgan fingerprint density at radius 3 is 2.89 bits per heavy atom. The van der Waals surface area contributed by atoms with E-state index >= 15 is 0 Å². The van der Waals surface area contributed by atoms with Crippen LogP contribution in [0.15, 0.2) is 18.2 Å². The minimum atomic E-state index is -0.799. The van der Waals surface area contributed by atoms with Crippen molar-refractivity contribution in [1.82, 2.24) is 0 Å². The van der Waals surface area contributed by atoms with Crippen molar-refractivity contribution in [3.05, 3.63) is 29.3 Å². The van der Waals surface area contributed by atoms with Gasteiger partial charge in [-0.25, -0.2) is 4.79 Å². The molecule has 1 aliphatic rings. The SMILES string of the molecule is Cc1ccc(C#N)c(N2CCCCCC2C(=O)O)c1. The molecule has 4 nitrogen and oxygen atoms in total. The van der Waals surface area contributed by atoms with E-state index in [-0.39, 0.29) is 0 Å². The molecule has 1 atom stereocenters. The fourth-order valence-corrected chi connectivity index (χ4v) is 2.63. The van der Waals surface area contributed by atoms with Gasteiger partial charge in [0.05, 0.1) is 11.3 Å². The van der Waals surface area contributed by atoms with Crippen LogP contribution in [0.1, 0.15) is 36.8 Å². The molecule has 1 fully saturated rings. The van der Waals surface area contributed by atoms with Gasteiger partial charge in [-0.1, -0.05) is 18.9 Å². The Kier molecular flexibility index (Phi) is 4.06. The molecule has 1 N–H and O–H groups in total. The van der Waals surface area contributed by atoms with Crippen molar-refractivity contribution in [2.45, 2.75) is 38.6 Å². The third kappa shape index (κ3) is 2.87. The fourth-order valence-electron chi connectivity index (χ4n) is 2.63. The van der Waals surface area contributed by atoms with Crippen molar-refractivity contribution in [2.75, 3.05) is 11.4 Å². The van der Waals surface area contributed by atoms with Crippen molar-refractivity contribution in [3.8, 4) is 6.07 Å². The molecule has 0 spiro atoms. The number of nitriles is 1. The molecule has 100 valence electrons. The smallest absolute Gasteiger partial charge is 0.326 e. The van der Waals surface area contributed by atoms with E-state index in [1.54, 1.807) is 6.07 Å². The summed E-state index contributed by atoms with van der Waals surface area (Å²) >= 11 is 0. The molecule has 1 unspecified atom stereocenters. The predicted molar refractivity (Wildman–Crippen MR) is 73.1 cm³/mol. The van der Waals surface area contributed by atoms with Crippen LogP contribution in [0, 0.1) is 18.3 Å². The van der Waals surface area contributed by atoms with Gasteiger partial charge in [0.1, 0.15) is 12.1 Å². The van der Waals surface area contributed by atoms with Gasteiger partial charge in [-0.3, -0.25) is 0 Å². The molecule has 0 amide bonds. The van der Waals surface area contributed by atoms with Crippen LogP contribution >= 0.6 is 0 Å². The maximum Gasteiger partial charge on any atom is 0.326 e. The normalized spacial score (nSPS) is 19.6. The molecule has 1 saturated heterocycles. The summed E-state index contributed by atoms with van der Waals surface area (Å²) in [5.41, 5.74) is 2.36. The van der Waals surface area contributed by atoms with Gasteiger partial charge in [-0.15, -0.1) is 0 Å². The van der Waals surface area contributed by atoms with Gasteiger partial charge in [-0.2, -0.15) is 5.26 Å². The van der Waals surface area contributed by atoms with Gasteiger partial charge in [0, 0.05) is 6.54 Å². The highest BCUT2D eigenvalue weighted by atomic mass is 16.4. The van der Waals surface area contributed by atoms with Crippen LogP contribution in [0.5, 0.6) is 0 Å². The van der Waals surface area contributed by atoms with Crippen molar-refractivity contribution >= 4 is 11.7 Å². The highest BCUT2D eigenvalue weighted by Gasteiger charge is 2.28. The van der Waals surface area contributed by atoms with Gasteiger partial charge < -0.3 is 10.0 Å². The number of anilines is 1. The average Bonchev–Trinajstić information content (AvgIpc) is 2.64. The summed E-state index contributed by atoms with van der Waals surface area (Å²) in [7, 11) is 0. The Bertz CT molecular complexity index is 519. The van der Waals surface area contributed by atoms with Crippen molar-refractivity contribution < 1.29 is 9.90 Å². The lowest BCUT2D eigenvalue weighted by molar-refractivity contribution is -0.138. The van der Waals surface area contributed by atoms with E-state index < -0.39 is 12.0 Å². The van der Waals surface area contributed by atoms with Crippen LogP contribution in [0.2, 0.25) is 0 Å². The molecule has 1 heterocycles. The first kappa shape index (κ1) is 13.4. The molecule has 2 rings (SSSR count). The van der Waals surface area contributed by atoms with Crippen LogP contribution in [0.4, 0.5) is 5.69 Å². The van der Waals surface area contributed by atoms with Gasteiger partial charge in [0.15, 0.2) is 0 Å². The summed E-state index contributed by atoms with van der Waals surface area (Å²) in [4.78, 5) is 13.3. The average molecular weight is 258 g/mol. The van der Waals surface area contributed by atoms with Crippen molar-refractivity contribution in [3.63, 3.8) is 0 Å². The zero-order valence-corrected chi connectivity index (χ0v) is 11.1. The summed E-state index contributed by atoms with van der Waals surface area (Å²) in [5, 5.41) is 18.6. The van der Waals surface area contributed by atoms with E-state index in [1.165, 1.54) is 0 Å². The third-order valence-electron chi connectivity index (χ3n) is 3.62. The number of hydrogen-bond acceptors (Lipinski definition) is 3. The number of aryl methyl sites for hydroxylation is 1. The minimum Gasteiger partial charge on any atom is -0.480 e. The Morgan fingerprint density at radius 1 is 1.42 bits per heavy atom. The maximum absolute atomic E-state index is 11.5. The highest BCUT2D eigenvalue weighted by molar-refractivity contribution is 5.79. The van der Waals surface area contributed by atoms with E-state index in [9.17, 15) is 15.2 Å². The zero-order chi connectivity index (χ0) is 13.8. The molecule has 1 aromatic rings. The fraction of sp³-hybridized carbons (Fsp3) is 0.467. The Balaban J connectivity index is 2.44.